The Kier molecular flexibility index (Phi) is 10.3. The van der Waals surface area contributed by atoms with Gasteiger partial charge in [-0.2, -0.15) is 0 Å². The number of halogens is 1. The van der Waals surface area contributed by atoms with Crippen molar-refractivity contribution in [2.45, 2.75) is 39.8 Å². The second-order valence-corrected chi connectivity index (χ2v) is 9.14. The SMILES string of the molecule is CCNC(=NCc1ccc(N2CCN(C)CC2)nc1)NC(C)Cc1ccc(C)s1.I. The summed E-state index contributed by atoms with van der Waals surface area (Å²) in [6.45, 7) is 12.2. The summed E-state index contributed by atoms with van der Waals surface area (Å²) in [6, 6.07) is 8.99. The lowest BCUT2D eigenvalue weighted by Crippen LogP contribution is -2.44. The lowest BCUT2D eigenvalue weighted by atomic mass is 10.2. The van der Waals surface area contributed by atoms with Gasteiger partial charge in [-0.25, -0.2) is 9.98 Å². The van der Waals surface area contributed by atoms with Gasteiger partial charge in [0, 0.05) is 61.1 Å². The molecule has 1 unspecified atom stereocenters. The van der Waals surface area contributed by atoms with Gasteiger partial charge < -0.3 is 20.4 Å². The van der Waals surface area contributed by atoms with Crippen LogP contribution in [0.5, 0.6) is 0 Å². The second kappa shape index (κ2) is 12.5. The lowest BCUT2D eigenvalue weighted by molar-refractivity contribution is 0.312. The normalized spacial score (nSPS) is 16.1. The molecule has 3 rings (SSSR count). The molecule has 2 aromatic heterocycles. The molecule has 3 heterocycles. The maximum absolute atomic E-state index is 4.76. The third kappa shape index (κ3) is 7.70. The first-order valence-electron chi connectivity index (χ1n) is 10.5. The summed E-state index contributed by atoms with van der Waals surface area (Å²) in [7, 11) is 2.17. The first-order chi connectivity index (χ1) is 14.0. The number of nitrogens with one attached hydrogen (secondary N) is 2. The summed E-state index contributed by atoms with van der Waals surface area (Å²) in [5.41, 5.74) is 1.13. The highest BCUT2D eigenvalue weighted by Gasteiger charge is 2.15. The van der Waals surface area contributed by atoms with E-state index in [1.165, 1.54) is 9.75 Å². The van der Waals surface area contributed by atoms with Crippen LogP contribution in [-0.4, -0.2) is 61.7 Å². The van der Waals surface area contributed by atoms with Gasteiger partial charge in [0.1, 0.15) is 5.82 Å². The average molecular weight is 543 g/mol. The molecule has 2 N–H and O–H groups in total. The number of guanidine groups is 1. The molecular formula is C22H35IN6S. The van der Waals surface area contributed by atoms with Gasteiger partial charge in [0.15, 0.2) is 5.96 Å². The molecular weight excluding hydrogens is 507 g/mol. The largest absolute Gasteiger partial charge is 0.357 e. The van der Waals surface area contributed by atoms with Crippen LogP contribution in [0.25, 0.3) is 0 Å². The van der Waals surface area contributed by atoms with Crippen molar-refractivity contribution in [1.82, 2.24) is 20.5 Å². The summed E-state index contributed by atoms with van der Waals surface area (Å²) in [6.07, 6.45) is 2.96. The van der Waals surface area contributed by atoms with E-state index in [4.69, 9.17) is 4.99 Å². The van der Waals surface area contributed by atoms with Gasteiger partial charge in [-0.05, 0) is 51.6 Å². The number of nitrogens with zero attached hydrogens (tertiary/aromatic N) is 4. The molecule has 6 nitrogen and oxygen atoms in total. The molecule has 1 aliphatic rings. The van der Waals surface area contributed by atoms with Crippen LogP contribution in [0.3, 0.4) is 0 Å². The van der Waals surface area contributed by atoms with Crippen LogP contribution in [0, 0.1) is 6.92 Å². The fourth-order valence-corrected chi connectivity index (χ4v) is 4.42. The lowest BCUT2D eigenvalue weighted by Gasteiger charge is -2.33. The second-order valence-electron chi connectivity index (χ2n) is 7.77. The van der Waals surface area contributed by atoms with Crippen LogP contribution in [0.15, 0.2) is 35.5 Å². The van der Waals surface area contributed by atoms with Gasteiger partial charge in [0.25, 0.3) is 0 Å². The van der Waals surface area contributed by atoms with E-state index in [0.717, 1.165) is 56.5 Å². The van der Waals surface area contributed by atoms with E-state index in [1.807, 2.05) is 17.5 Å². The van der Waals surface area contributed by atoms with Crippen molar-refractivity contribution in [2.24, 2.45) is 4.99 Å². The molecule has 8 heteroatoms. The third-order valence-electron chi connectivity index (χ3n) is 5.09. The minimum atomic E-state index is 0. The Bertz CT molecular complexity index is 783. The van der Waals surface area contributed by atoms with Crippen molar-refractivity contribution in [1.29, 1.82) is 0 Å². The summed E-state index contributed by atoms with van der Waals surface area (Å²) in [5.74, 6) is 1.92. The van der Waals surface area contributed by atoms with Crippen molar-refractivity contribution in [3.05, 3.63) is 45.8 Å². The highest BCUT2D eigenvalue weighted by Crippen LogP contribution is 2.17. The Morgan fingerprint density at radius 2 is 1.97 bits per heavy atom. The molecule has 0 aliphatic carbocycles. The number of pyridine rings is 1. The van der Waals surface area contributed by atoms with Gasteiger partial charge in [0.2, 0.25) is 0 Å². The van der Waals surface area contributed by atoms with Gasteiger partial charge in [-0.15, -0.1) is 35.3 Å². The Hall–Kier alpha value is -1.39. The molecule has 166 valence electrons. The molecule has 1 aliphatic heterocycles. The van der Waals surface area contributed by atoms with Crippen LogP contribution in [0.2, 0.25) is 0 Å². The molecule has 2 aromatic rings. The molecule has 1 saturated heterocycles. The fraction of sp³-hybridized carbons (Fsp3) is 0.545. The number of thiophene rings is 1. The van der Waals surface area contributed by atoms with Crippen LogP contribution >= 0.6 is 35.3 Å². The monoisotopic (exact) mass is 542 g/mol. The molecule has 30 heavy (non-hydrogen) atoms. The van der Waals surface area contributed by atoms with E-state index in [-0.39, 0.29) is 24.0 Å². The van der Waals surface area contributed by atoms with Crippen LogP contribution < -0.4 is 15.5 Å². The topological polar surface area (TPSA) is 55.8 Å². The molecule has 0 saturated carbocycles. The number of anilines is 1. The molecule has 0 spiro atoms. The number of aromatic nitrogens is 1. The number of piperazine rings is 1. The van der Waals surface area contributed by atoms with Crippen LogP contribution in [0.4, 0.5) is 5.82 Å². The Labute approximate surface area is 202 Å². The van der Waals surface area contributed by atoms with Gasteiger partial charge >= 0.3 is 0 Å². The Morgan fingerprint density at radius 3 is 2.57 bits per heavy atom. The van der Waals surface area contributed by atoms with Crippen LogP contribution in [0.1, 0.15) is 29.2 Å². The van der Waals surface area contributed by atoms with Crippen molar-refractivity contribution in [3.8, 4) is 0 Å². The van der Waals surface area contributed by atoms with Gasteiger partial charge in [-0.1, -0.05) is 6.07 Å². The highest BCUT2D eigenvalue weighted by molar-refractivity contribution is 14.0. The maximum Gasteiger partial charge on any atom is 0.191 e. The zero-order valence-electron chi connectivity index (χ0n) is 18.5. The average Bonchev–Trinajstić information content (AvgIpc) is 3.12. The predicted molar refractivity (Wildman–Crippen MR) is 140 cm³/mol. The fourth-order valence-electron chi connectivity index (χ4n) is 3.40. The third-order valence-corrected chi connectivity index (χ3v) is 6.11. The number of hydrogen-bond donors (Lipinski definition) is 2. The maximum atomic E-state index is 4.76. The molecule has 0 amide bonds. The first kappa shape index (κ1) is 24.9. The molecule has 0 radical (unpaired) electrons. The highest BCUT2D eigenvalue weighted by atomic mass is 127. The molecule has 1 fully saturated rings. The number of likely N-dealkylation sites (N-methyl/N-ethyl adjacent to an activating group) is 1. The van der Waals surface area contributed by atoms with E-state index >= 15 is 0 Å². The van der Waals surface area contributed by atoms with E-state index in [1.54, 1.807) is 0 Å². The van der Waals surface area contributed by atoms with Crippen molar-refractivity contribution >= 4 is 47.1 Å². The number of aliphatic imine (C=N–C) groups is 1. The number of rotatable bonds is 7. The van der Waals surface area contributed by atoms with Gasteiger partial charge in [0.05, 0.1) is 6.54 Å². The van der Waals surface area contributed by atoms with E-state index in [2.05, 4.69) is 77.5 Å². The molecule has 0 aromatic carbocycles. The standard InChI is InChI=1S/C22H34N6S.HI/c1-5-23-22(26-17(2)14-20-8-6-18(3)29-20)25-16-19-7-9-21(24-15-19)28-12-10-27(4)11-13-28;/h6-9,15,17H,5,10-14,16H2,1-4H3,(H2,23,25,26);1H. The summed E-state index contributed by atoms with van der Waals surface area (Å²) < 4.78 is 0. The Morgan fingerprint density at radius 1 is 1.20 bits per heavy atom. The number of hydrogen-bond acceptors (Lipinski definition) is 5. The minimum Gasteiger partial charge on any atom is -0.357 e. The van der Waals surface area contributed by atoms with Gasteiger partial charge in [-0.3, -0.25) is 0 Å². The van der Waals surface area contributed by atoms with E-state index in [0.29, 0.717) is 12.6 Å². The number of aryl methyl sites for hydroxylation is 1. The molecule has 1 atom stereocenters. The van der Waals surface area contributed by atoms with Crippen molar-refractivity contribution in [2.75, 3.05) is 44.7 Å². The minimum absolute atomic E-state index is 0. The Balaban J connectivity index is 0.00000320. The smallest absolute Gasteiger partial charge is 0.191 e. The van der Waals surface area contributed by atoms with E-state index < -0.39 is 0 Å². The quantitative estimate of drug-likeness (QED) is 0.319. The summed E-state index contributed by atoms with van der Waals surface area (Å²) >= 11 is 1.86. The van der Waals surface area contributed by atoms with Crippen molar-refractivity contribution in [3.63, 3.8) is 0 Å². The van der Waals surface area contributed by atoms with E-state index in [9.17, 15) is 0 Å². The van der Waals surface area contributed by atoms with Crippen molar-refractivity contribution < 1.29 is 0 Å². The summed E-state index contributed by atoms with van der Waals surface area (Å²) in [4.78, 5) is 16.9. The predicted octanol–water partition coefficient (Wildman–Crippen LogP) is 3.51. The van der Waals surface area contributed by atoms with Crippen LogP contribution in [-0.2, 0) is 13.0 Å². The zero-order chi connectivity index (χ0) is 20.6. The zero-order valence-corrected chi connectivity index (χ0v) is 21.7. The molecule has 0 bridgehead atoms. The first-order valence-corrected chi connectivity index (χ1v) is 11.3. The summed E-state index contributed by atoms with van der Waals surface area (Å²) in [5, 5.41) is 6.88.